The first kappa shape index (κ1) is 15.0. The Morgan fingerprint density at radius 3 is 2.91 bits per heavy atom. The van der Waals surface area contributed by atoms with Crippen molar-refractivity contribution in [2.75, 3.05) is 13.7 Å². The van der Waals surface area contributed by atoms with Crippen LogP contribution in [0.3, 0.4) is 0 Å². The van der Waals surface area contributed by atoms with Crippen molar-refractivity contribution in [3.8, 4) is 11.3 Å². The zero-order valence-electron chi connectivity index (χ0n) is 12.4. The van der Waals surface area contributed by atoms with E-state index in [-0.39, 0.29) is 12.1 Å². The number of thiazole rings is 1. The second-order valence-corrected chi connectivity index (χ2v) is 6.31. The quantitative estimate of drug-likeness (QED) is 0.946. The fraction of sp³-hybridized carbons (Fsp3) is 0.375. The van der Waals surface area contributed by atoms with Crippen LogP contribution in [0.1, 0.15) is 24.0 Å². The Morgan fingerprint density at radius 1 is 1.41 bits per heavy atom. The number of urea groups is 1. The highest BCUT2D eigenvalue weighted by Crippen LogP contribution is 2.34. The van der Waals surface area contributed by atoms with E-state index in [1.54, 1.807) is 23.3 Å². The molecule has 1 aromatic heterocycles. The van der Waals surface area contributed by atoms with E-state index >= 15 is 0 Å². The number of nitrogens with zero attached hydrogens (tertiary/aromatic N) is 2. The number of rotatable bonds is 3. The summed E-state index contributed by atoms with van der Waals surface area (Å²) in [5.74, 6) is 0. The highest BCUT2D eigenvalue weighted by molar-refractivity contribution is 7.10. The van der Waals surface area contributed by atoms with Crippen molar-refractivity contribution in [1.82, 2.24) is 9.88 Å². The zero-order valence-corrected chi connectivity index (χ0v) is 13.3. The minimum absolute atomic E-state index is 0.0667. The number of aromatic nitrogens is 1. The summed E-state index contributed by atoms with van der Waals surface area (Å²) in [4.78, 5) is 17.6. The van der Waals surface area contributed by atoms with Crippen molar-refractivity contribution in [1.29, 1.82) is 0 Å². The summed E-state index contributed by atoms with van der Waals surface area (Å²) in [6, 6.07) is 9.81. The van der Waals surface area contributed by atoms with Gasteiger partial charge >= 0.3 is 6.03 Å². The molecule has 22 heavy (non-hydrogen) atoms. The Hall–Kier alpha value is -1.92. The van der Waals surface area contributed by atoms with Crippen LogP contribution in [0.2, 0.25) is 0 Å². The van der Waals surface area contributed by atoms with Crippen LogP contribution in [0.25, 0.3) is 11.3 Å². The molecule has 2 amide bonds. The summed E-state index contributed by atoms with van der Waals surface area (Å²) < 4.78 is 5.84. The van der Waals surface area contributed by atoms with E-state index in [9.17, 15) is 4.79 Å². The number of nitrogens with two attached hydrogens (primary N) is 1. The molecule has 1 fully saturated rings. The number of amides is 2. The van der Waals surface area contributed by atoms with Gasteiger partial charge in [0, 0.05) is 37.1 Å². The highest BCUT2D eigenvalue weighted by atomic mass is 32.1. The molecule has 6 heteroatoms. The van der Waals surface area contributed by atoms with Gasteiger partial charge in [0.15, 0.2) is 0 Å². The molecule has 2 unspecified atom stereocenters. The summed E-state index contributed by atoms with van der Waals surface area (Å²) in [5, 5.41) is 3.01. The molecule has 0 aliphatic carbocycles. The fourth-order valence-corrected chi connectivity index (χ4v) is 3.55. The van der Waals surface area contributed by atoms with Gasteiger partial charge < -0.3 is 15.4 Å². The average molecular weight is 317 g/mol. The molecule has 2 N–H and O–H groups in total. The van der Waals surface area contributed by atoms with Gasteiger partial charge in [-0.2, -0.15) is 0 Å². The lowest BCUT2D eigenvalue weighted by atomic mass is 10.0. The van der Waals surface area contributed by atoms with Crippen LogP contribution in [0.5, 0.6) is 0 Å². The Balaban J connectivity index is 1.74. The van der Waals surface area contributed by atoms with Crippen LogP contribution < -0.4 is 5.73 Å². The van der Waals surface area contributed by atoms with Crippen LogP contribution in [0, 0.1) is 0 Å². The lowest BCUT2D eigenvalue weighted by Crippen LogP contribution is -2.44. The summed E-state index contributed by atoms with van der Waals surface area (Å²) >= 11 is 1.60. The minimum Gasteiger partial charge on any atom is -0.371 e. The third-order valence-corrected chi connectivity index (χ3v) is 4.96. The Kier molecular flexibility index (Phi) is 4.40. The van der Waals surface area contributed by atoms with E-state index in [2.05, 4.69) is 5.38 Å². The zero-order chi connectivity index (χ0) is 15.5. The fourth-order valence-electron chi connectivity index (χ4n) is 2.66. The number of hydrogen-bond acceptors (Lipinski definition) is 4. The van der Waals surface area contributed by atoms with E-state index in [1.807, 2.05) is 30.3 Å². The van der Waals surface area contributed by atoms with Crippen molar-refractivity contribution in [2.45, 2.75) is 25.0 Å². The van der Waals surface area contributed by atoms with E-state index in [0.717, 1.165) is 29.1 Å². The molecule has 2 heterocycles. The first-order chi connectivity index (χ1) is 10.6. The van der Waals surface area contributed by atoms with Gasteiger partial charge in [-0.05, 0) is 6.42 Å². The van der Waals surface area contributed by atoms with Crippen LogP contribution >= 0.6 is 11.3 Å². The smallest absolute Gasteiger partial charge is 0.314 e. The molecule has 0 spiro atoms. The van der Waals surface area contributed by atoms with E-state index in [4.69, 9.17) is 15.5 Å². The molecule has 0 saturated carbocycles. The molecule has 3 rings (SSSR count). The first-order valence-corrected chi connectivity index (χ1v) is 8.18. The molecule has 1 saturated heterocycles. The van der Waals surface area contributed by atoms with Crippen molar-refractivity contribution >= 4 is 17.4 Å². The van der Waals surface area contributed by atoms with Crippen LogP contribution in [-0.4, -0.2) is 35.6 Å². The maximum atomic E-state index is 11.3. The first-order valence-electron chi connectivity index (χ1n) is 7.30. The Morgan fingerprint density at radius 2 is 2.18 bits per heavy atom. The van der Waals surface area contributed by atoms with Crippen LogP contribution in [-0.2, 0) is 4.74 Å². The molecule has 0 bridgehead atoms. The molecule has 5 nitrogen and oxygen atoms in total. The van der Waals surface area contributed by atoms with Gasteiger partial charge in [0.25, 0.3) is 0 Å². The van der Waals surface area contributed by atoms with Crippen LogP contribution in [0.4, 0.5) is 4.79 Å². The van der Waals surface area contributed by atoms with Gasteiger partial charge in [-0.1, -0.05) is 30.3 Å². The van der Waals surface area contributed by atoms with E-state index in [1.165, 1.54) is 0 Å². The van der Waals surface area contributed by atoms with Crippen molar-refractivity contribution < 1.29 is 9.53 Å². The van der Waals surface area contributed by atoms with Crippen molar-refractivity contribution in [3.05, 3.63) is 40.7 Å². The van der Waals surface area contributed by atoms with Gasteiger partial charge in [-0.25, -0.2) is 9.78 Å². The molecule has 2 atom stereocenters. The Bertz CT molecular complexity index is 644. The minimum atomic E-state index is -0.394. The normalized spacial score (nSPS) is 21.5. The van der Waals surface area contributed by atoms with Crippen molar-refractivity contribution in [2.24, 2.45) is 5.73 Å². The van der Waals surface area contributed by atoms with Crippen molar-refractivity contribution in [3.63, 3.8) is 0 Å². The van der Waals surface area contributed by atoms with E-state index < -0.39 is 6.03 Å². The van der Waals surface area contributed by atoms with Crippen LogP contribution in [0.15, 0.2) is 35.7 Å². The monoisotopic (exact) mass is 317 g/mol. The number of carbonyl (C=O) groups excluding carboxylic acids is 1. The molecule has 0 radical (unpaired) electrons. The van der Waals surface area contributed by atoms with Gasteiger partial charge in [0.1, 0.15) is 11.1 Å². The summed E-state index contributed by atoms with van der Waals surface area (Å²) in [5.41, 5.74) is 7.43. The second kappa shape index (κ2) is 6.46. The number of carbonyl (C=O) groups is 1. The second-order valence-electron chi connectivity index (χ2n) is 5.42. The predicted octanol–water partition coefficient (Wildman–Crippen LogP) is 3.04. The third-order valence-electron chi connectivity index (χ3n) is 4.02. The summed E-state index contributed by atoms with van der Waals surface area (Å²) in [7, 11) is 1.74. The number of benzene rings is 1. The molecule has 116 valence electrons. The molecular weight excluding hydrogens is 298 g/mol. The third kappa shape index (κ3) is 3.13. The maximum Gasteiger partial charge on any atom is 0.314 e. The lowest BCUT2D eigenvalue weighted by molar-refractivity contribution is -0.0155. The average Bonchev–Trinajstić information content (AvgIpc) is 3.05. The topological polar surface area (TPSA) is 68.5 Å². The predicted molar refractivity (Wildman–Crippen MR) is 86.6 cm³/mol. The van der Waals surface area contributed by atoms with Gasteiger partial charge in [-0.3, -0.25) is 0 Å². The number of hydrogen-bond donors (Lipinski definition) is 1. The summed E-state index contributed by atoms with van der Waals surface area (Å²) in [6.07, 6.45) is 1.48. The molecule has 1 aromatic carbocycles. The van der Waals surface area contributed by atoms with E-state index in [0.29, 0.717) is 6.61 Å². The summed E-state index contributed by atoms with van der Waals surface area (Å²) in [6.45, 7) is 0.618. The largest absolute Gasteiger partial charge is 0.371 e. The standard InChI is InChI=1S/C16H19N3O2S/c1-19(16(17)20)12-7-8-21-14(9-12)15-18-13(10-22-15)11-5-3-2-4-6-11/h2-6,10,12,14H,7-9H2,1H3,(H2,17,20). The molecule has 2 aromatic rings. The molecule has 1 aliphatic rings. The maximum absolute atomic E-state index is 11.3. The molecular formula is C16H19N3O2S. The molecule has 1 aliphatic heterocycles. The Labute approximate surface area is 133 Å². The number of primary amides is 1. The SMILES string of the molecule is CN(C(N)=O)C1CCOC(c2nc(-c3ccccc3)cs2)C1. The van der Waals surface area contributed by atoms with Gasteiger partial charge in [-0.15, -0.1) is 11.3 Å². The van der Waals surface area contributed by atoms with Gasteiger partial charge in [0.05, 0.1) is 5.69 Å². The number of ether oxygens (including phenoxy) is 1. The highest BCUT2D eigenvalue weighted by Gasteiger charge is 2.29. The van der Waals surface area contributed by atoms with Gasteiger partial charge in [0.2, 0.25) is 0 Å². The lowest BCUT2D eigenvalue weighted by Gasteiger charge is -2.33.